The molecule has 0 saturated carbocycles. The first-order chi connectivity index (χ1) is 10.8. The van der Waals surface area contributed by atoms with Crippen molar-refractivity contribution in [1.82, 2.24) is 9.88 Å². The number of halogens is 1. The Kier molecular flexibility index (Phi) is 5.01. The smallest absolute Gasteiger partial charge is 0.255 e. The molecule has 22 heavy (non-hydrogen) atoms. The predicted molar refractivity (Wildman–Crippen MR) is 91.4 cm³/mol. The molecule has 1 saturated heterocycles. The monoisotopic (exact) mass is 332 g/mol. The summed E-state index contributed by atoms with van der Waals surface area (Å²) in [5.41, 5.74) is 1.83. The van der Waals surface area contributed by atoms with Crippen molar-refractivity contribution < 1.29 is 4.79 Å². The summed E-state index contributed by atoms with van der Waals surface area (Å²) in [5.74, 6) is 0.982. The quantitative estimate of drug-likeness (QED) is 0.831. The van der Waals surface area contributed by atoms with E-state index in [2.05, 4.69) is 11.1 Å². The van der Waals surface area contributed by atoms with Crippen molar-refractivity contribution in [3.63, 3.8) is 0 Å². The lowest BCUT2D eigenvalue weighted by atomic mass is 10.1. The van der Waals surface area contributed by atoms with Gasteiger partial charge in [-0.2, -0.15) is 11.8 Å². The maximum Gasteiger partial charge on any atom is 0.255 e. The highest BCUT2D eigenvalue weighted by Gasteiger charge is 2.23. The maximum absolute atomic E-state index is 12.5. The number of carbonyl (C=O) groups excluding carboxylic acids is 1. The van der Waals surface area contributed by atoms with Crippen LogP contribution >= 0.6 is 23.4 Å². The van der Waals surface area contributed by atoms with Crippen LogP contribution in [0, 0.1) is 0 Å². The first kappa shape index (κ1) is 15.4. The van der Waals surface area contributed by atoms with Crippen LogP contribution in [0.15, 0.2) is 48.8 Å². The van der Waals surface area contributed by atoms with Gasteiger partial charge in [-0.3, -0.25) is 9.78 Å². The van der Waals surface area contributed by atoms with Gasteiger partial charge in [0.25, 0.3) is 5.91 Å². The van der Waals surface area contributed by atoms with E-state index in [1.807, 2.05) is 40.9 Å². The first-order valence-electron chi connectivity index (χ1n) is 7.31. The van der Waals surface area contributed by atoms with Gasteiger partial charge in [-0.1, -0.05) is 29.8 Å². The third kappa shape index (κ3) is 3.45. The zero-order chi connectivity index (χ0) is 15.4. The van der Waals surface area contributed by atoms with Crippen molar-refractivity contribution in [3.05, 3.63) is 64.9 Å². The summed E-state index contributed by atoms with van der Waals surface area (Å²) >= 11 is 8.18. The summed E-state index contributed by atoms with van der Waals surface area (Å²) in [4.78, 5) is 18.5. The van der Waals surface area contributed by atoms with E-state index in [4.69, 9.17) is 11.6 Å². The van der Waals surface area contributed by atoms with Crippen LogP contribution in [0.2, 0.25) is 5.02 Å². The summed E-state index contributed by atoms with van der Waals surface area (Å²) in [6.45, 7) is 1.51. The number of nitrogens with zero attached hydrogens (tertiary/aromatic N) is 2. The number of carbonyl (C=O) groups is 1. The second-order valence-electron chi connectivity index (χ2n) is 5.20. The minimum absolute atomic E-state index is 0.0634. The molecule has 1 fully saturated rings. The fourth-order valence-electron chi connectivity index (χ4n) is 2.63. The van der Waals surface area contributed by atoms with Gasteiger partial charge in [0, 0.05) is 41.5 Å². The normalized spacial score (nSPS) is 18.8. The molecule has 1 atom stereocenters. The number of benzene rings is 1. The fourth-order valence-corrected chi connectivity index (χ4v) is 4.23. The van der Waals surface area contributed by atoms with Gasteiger partial charge < -0.3 is 4.90 Å². The summed E-state index contributed by atoms with van der Waals surface area (Å²) in [7, 11) is 0. The molecule has 3 nitrogen and oxygen atoms in total. The second-order valence-corrected chi connectivity index (χ2v) is 6.92. The Labute approximate surface area is 139 Å². The van der Waals surface area contributed by atoms with E-state index < -0.39 is 0 Å². The van der Waals surface area contributed by atoms with Gasteiger partial charge in [-0.05, 0) is 30.2 Å². The molecule has 2 heterocycles. The Hall–Kier alpha value is -1.52. The van der Waals surface area contributed by atoms with Crippen molar-refractivity contribution in [3.8, 4) is 0 Å². The van der Waals surface area contributed by atoms with E-state index in [-0.39, 0.29) is 5.91 Å². The molecule has 0 bridgehead atoms. The van der Waals surface area contributed by atoms with E-state index in [0.29, 0.717) is 10.8 Å². The van der Waals surface area contributed by atoms with E-state index in [1.54, 1.807) is 18.5 Å². The third-order valence-corrected chi connectivity index (χ3v) is 5.44. The molecule has 3 rings (SSSR count). The van der Waals surface area contributed by atoms with Gasteiger partial charge in [0.05, 0.1) is 5.56 Å². The van der Waals surface area contributed by atoms with Gasteiger partial charge in [-0.25, -0.2) is 0 Å². The average Bonchev–Trinajstić information content (AvgIpc) is 2.81. The zero-order valence-corrected chi connectivity index (χ0v) is 13.7. The Morgan fingerprint density at radius 3 is 2.86 bits per heavy atom. The average molecular weight is 333 g/mol. The summed E-state index contributed by atoms with van der Waals surface area (Å²) in [5, 5.41) is 1.16. The number of rotatable bonds is 2. The molecule has 0 radical (unpaired) electrons. The first-order valence-corrected chi connectivity index (χ1v) is 8.73. The van der Waals surface area contributed by atoms with Crippen molar-refractivity contribution in [2.75, 3.05) is 18.8 Å². The molecule has 5 heteroatoms. The van der Waals surface area contributed by atoms with E-state index in [0.717, 1.165) is 30.3 Å². The Balaban J connectivity index is 1.70. The van der Waals surface area contributed by atoms with Gasteiger partial charge in [0.1, 0.15) is 0 Å². The van der Waals surface area contributed by atoms with Crippen LogP contribution in [-0.4, -0.2) is 34.6 Å². The number of hydrogen-bond acceptors (Lipinski definition) is 3. The number of aromatic nitrogens is 1. The number of hydrogen-bond donors (Lipinski definition) is 0. The number of amides is 1. The highest BCUT2D eigenvalue weighted by molar-refractivity contribution is 7.99. The van der Waals surface area contributed by atoms with E-state index in [9.17, 15) is 4.79 Å². The standard InChI is InChI=1S/C17H17ClN2OS/c18-15-6-2-1-5-14(15)16-7-9-20(10-11-22-16)17(21)13-4-3-8-19-12-13/h1-6,8,12,16H,7,9-11H2. The van der Waals surface area contributed by atoms with Crippen LogP contribution in [0.25, 0.3) is 0 Å². The molecule has 1 aliphatic heterocycles. The Morgan fingerprint density at radius 2 is 2.09 bits per heavy atom. The summed E-state index contributed by atoms with van der Waals surface area (Å²) in [6, 6.07) is 11.6. The SMILES string of the molecule is O=C(c1cccnc1)N1CCSC(c2ccccc2Cl)CC1. The molecular weight excluding hydrogens is 316 g/mol. The van der Waals surface area contributed by atoms with Crippen molar-refractivity contribution in [2.45, 2.75) is 11.7 Å². The van der Waals surface area contributed by atoms with Crippen molar-refractivity contribution in [1.29, 1.82) is 0 Å². The van der Waals surface area contributed by atoms with E-state index in [1.165, 1.54) is 5.56 Å². The largest absolute Gasteiger partial charge is 0.338 e. The zero-order valence-electron chi connectivity index (χ0n) is 12.1. The molecule has 1 aromatic carbocycles. The van der Waals surface area contributed by atoms with Crippen LogP contribution < -0.4 is 0 Å². The van der Waals surface area contributed by atoms with Crippen LogP contribution in [0.5, 0.6) is 0 Å². The van der Waals surface area contributed by atoms with Gasteiger partial charge in [0.15, 0.2) is 0 Å². The minimum Gasteiger partial charge on any atom is -0.338 e. The van der Waals surface area contributed by atoms with Gasteiger partial charge >= 0.3 is 0 Å². The third-order valence-electron chi connectivity index (χ3n) is 3.79. The second kappa shape index (κ2) is 7.16. The lowest BCUT2D eigenvalue weighted by Gasteiger charge is -2.20. The lowest BCUT2D eigenvalue weighted by molar-refractivity contribution is 0.0766. The van der Waals surface area contributed by atoms with E-state index >= 15 is 0 Å². The Morgan fingerprint density at radius 1 is 1.23 bits per heavy atom. The van der Waals surface area contributed by atoms with Crippen molar-refractivity contribution >= 4 is 29.3 Å². The molecule has 1 aliphatic rings. The molecule has 1 aromatic heterocycles. The van der Waals surface area contributed by atoms with Crippen LogP contribution in [0.3, 0.4) is 0 Å². The molecular formula is C17H17ClN2OS. The highest BCUT2D eigenvalue weighted by atomic mass is 35.5. The Bertz CT molecular complexity index is 650. The summed E-state index contributed by atoms with van der Waals surface area (Å²) in [6.07, 6.45) is 4.23. The predicted octanol–water partition coefficient (Wildman–Crippen LogP) is 4.06. The molecule has 1 amide bonds. The van der Waals surface area contributed by atoms with Crippen LogP contribution in [0.1, 0.15) is 27.6 Å². The van der Waals surface area contributed by atoms with Crippen molar-refractivity contribution in [2.24, 2.45) is 0 Å². The molecule has 0 spiro atoms. The van der Waals surface area contributed by atoms with Crippen LogP contribution in [-0.2, 0) is 0 Å². The van der Waals surface area contributed by atoms with Gasteiger partial charge in [-0.15, -0.1) is 0 Å². The molecule has 2 aromatic rings. The van der Waals surface area contributed by atoms with Gasteiger partial charge in [0.2, 0.25) is 0 Å². The number of thioether (sulfide) groups is 1. The minimum atomic E-state index is 0.0634. The fraction of sp³-hybridized carbons (Fsp3) is 0.294. The van der Waals surface area contributed by atoms with Crippen LogP contribution in [0.4, 0.5) is 0 Å². The molecule has 0 aliphatic carbocycles. The molecule has 114 valence electrons. The molecule has 0 N–H and O–H groups in total. The topological polar surface area (TPSA) is 33.2 Å². The lowest BCUT2D eigenvalue weighted by Crippen LogP contribution is -2.33. The highest BCUT2D eigenvalue weighted by Crippen LogP contribution is 2.37. The summed E-state index contributed by atoms with van der Waals surface area (Å²) < 4.78 is 0. The number of pyridine rings is 1. The molecule has 1 unspecified atom stereocenters. The maximum atomic E-state index is 12.5.